The van der Waals surface area contributed by atoms with Gasteiger partial charge < -0.3 is 15.6 Å². The van der Waals surface area contributed by atoms with Crippen molar-refractivity contribution in [3.63, 3.8) is 0 Å². The molecule has 1 aromatic carbocycles. The molecular formula is C10H14BrNO2. The summed E-state index contributed by atoms with van der Waals surface area (Å²) in [5.74, 6) is 0.794. The van der Waals surface area contributed by atoms with Crippen molar-refractivity contribution < 1.29 is 9.84 Å². The number of nitrogens with two attached hydrogens (primary N) is 1. The fourth-order valence-electron chi connectivity index (χ4n) is 1.16. The van der Waals surface area contributed by atoms with E-state index in [-0.39, 0.29) is 6.54 Å². The van der Waals surface area contributed by atoms with Gasteiger partial charge in [-0.3, -0.25) is 0 Å². The summed E-state index contributed by atoms with van der Waals surface area (Å²) in [5, 5.41) is 9.39. The molecule has 0 aliphatic carbocycles. The Bertz CT molecular complexity index is 304. The van der Waals surface area contributed by atoms with Gasteiger partial charge in [-0.05, 0) is 17.7 Å². The molecule has 1 unspecified atom stereocenters. The lowest BCUT2D eigenvalue weighted by Gasteiger charge is -2.10. The largest absolute Gasteiger partial charge is 0.497 e. The Kier molecular flexibility index (Phi) is 4.38. The maximum Gasteiger partial charge on any atom is 0.120 e. The summed E-state index contributed by atoms with van der Waals surface area (Å²) < 4.78 is 6.00. The van der Waals surface area contributed by atoms with Gasteiger partial charge in [0.2, 0.25) is 0 Å². The van der Waals surface area contributed by atoms with Crippen molar-refractivity contribution in [3.05, 3.63) is 28.2 Å². The first kappa shape index (κ1) is 11.5. The van der Waals surface area contributed by atoms with Crippen LogP contribution >= 0.6 is 15.9 Å². The van der Waals surface area contributed by atoms with Crippen LogP contribution < -0.4 is 10.5 Å². The van der Waals surface area contributed by atoms with E-state index in [1.807, 2.05) is 18.2 Å². The summed E-state index contributed by atoms with van der Waals surface area (Å²) in [5.41, 5.74) is 6.37. The van der Waals surface area contributed by atoms with E-state index in [0.29, 0.717) is 6.42 Å². The van der Waals surface area contributed by atoms with Gasteiger partial charge in [-0.15, -0.1) is 0 Å². The molecule has 3 N–H and O–H groups in total. The number of benzene rings is 1. The molecule has 4 heteroatoms. The monoisotopic (exact) mass is 259 g/mol. The number of hydrogen-bond acceptors (Lipinski definition) is 3. The van der Waals surface area contributed by atoms with Crippen molar-refractivity contribution in [3.8, 4) is 5.75 Å². The SMILES string of the molecule is COc1ccc(CC(O)CN)c(Br)c1. The van der Waals surface area contributed by atoms with E-state index >= 15 is 0 Å². The minimum absolute atomic E-state index is 0.276. The third-order valence-corrected chi connectivity index (χ3v) is 2.73. The number of methoxy groups -OCH3 is 1. The third kappa shape index (κ3) is 2.97. The van der Waals surface area contributed by atoms with E-state index in [4.69, 9.17) is 10.5 Å². The zero-order valence-electron chi connectivity index (χ0n) is 8.03. The fraction of sp³-hybridized carbons (Fsp3) is 0.400. The van der Waals surface area contributed by atoms with Crippen LogP contribution in [0, 0.1) is 0 Å². The van der Waals surface area contributed by atoms with Gasteiger partial charge in [0.15, 0.2) is 0 Å². The third-order valence-electron chi connectivity index (χ3n) is 1.99. The van der Waals surface area contributed by atoms with Gasteiger partial charge >= 0.3 is 0 Å². The molecule has 0 bridgehead atoms. The summed E-state index contributed by atoms with van der Waals surface area (Å²) in [6, 6.07) is 5.66. The zero-order valence-corrected chi connectivity index (χ0v) is 9.62. The second-order valence-electron chi connectivity index (χ2n) is 3.05. The first-order valence-corrected chi connectivity index (χ1v) is 5.17. The lowest BCUT2D eigenvalue weighted by molar-refractivity contribution is 0.183. The van der Waals surface area contributed by atoms with Crippen molar-refractivity contribution >= 4 is 15.9 Å². The maximum absolute atomic E-state index is 9.39. The molecule has 0 aromatic heterocycles. The Hall–Kier alpha value is -0.580. The van der Waals surface area contributed by atoms with Gasteiger partial charge in [-0.25, -0.2) is 0 Å². The van der Waals surface area contributed by atoms with Crippen molar-refractivity contribution in [1.29, 1.82) is 0 Å². The van der Waals surface area contributed by atoms with Crippen LogP contribution in [-0.4, -0.2) is 24.9 Å². The van der Waals surface area contributed by atoms with Crippen LogP contribution in [-0.2, 0) is 6.42 Å². The van der Waals surface area contributed by atoms with Crippen LogP contribution in [0.5, 0.6) is 5.75 Å². The standard InChI is InChI=1S/C10H14BrNO2/c1-14-9-3-2-7(10(11)5-9)4-8(13)6-12/h2-3,5,8,13H,4,6,12H2,1H3. The molecule has 14 heavy (non-hydrogen) atoms. The Labute approximate surface area is 92.0 Å². The summed E-state index contributed by atoms with van der Waals surface area (Å²) in [6.07, 6.45) is 0.0702. The highest BCUT2D eigenvalue weighted by atomic mass is 79.9. The van der Waals surface area contributed by atoms with Crippen LogP contribution in [0.2, 0.25) is 0 Å². The normalized spacial score (nSPS) is 12.6. The second kappa shape index (κ2) is 5.34. The van der Waals surface area contributed by atoms with E-state index in [1.54, 1.807) is 7.11 Å². The van der Waals surface area contributed by atoms with Crippen molar-refractivity contribution in [2.24, 2.45) is 5.73 Å². The molecular weight excluding hydrogens is 246 g/mol. The minimum atomic E-state index is -0.486. The number of rotatable bonds is 4. The van der Waals surface area contributed by atoms with E-state index in [1.165, 1.54) is 0 Å². The highest BCUT2D eigenvalue weighted by Gasteiger charge is 2.07. The van der Waals surface area contributed by atoms with Gasteiger partial charge in [-0.1, -0.05) is 22.0 Å². The number of halogens is 1. The number of ether oxygens (including phenoxy) is 1. The van der Waals surface area contributed by atoms with Crippen molar-refractivity contribution in [1.82, 2.24) is 0 Å². The second-order valence-corrected chi connectivity index (χ2v) is 3.91. The average Bonchev–Trinajstić information content (AvgIpc) is 2.20. The summed E-state index contributed by atoms with van der Waals surface area (Å²) >= 11 is 3.41. The molecule has 0 aliphatic rings. The first-order valence-electron chi connectivity index (χ1n) is 4.38. The molecule has 0 heterocycles. The maximum atomic E-state index is 9.39. The topological polar surface area (TPSA) is 55.5 Å². The highest BCUT2D eigenvalue weighted by molar-refractivity contribution is 9.10. The fourth-order valence-corrected chi connectivity index (χ4v) is 1.68. The average molecular weight is 260 g/mol. The van der Waals surface area contributed by atoms with Crippen molar-refractivity contribution in [2.75, 3.05) is 13.7 Å². The number of aliphatic hydroxyl groups excluding tert-OH is 1. The molecule has 1 rings (SSSR count). The molecule has 78 valence electrons. The molecule has 0 amide bonds. The zero-order chi connectivity index (χ0) is 10.6. The lowest BCUT2D eigenvalue weighted by atomic mass is 10.1. The van der Waals surface area contributed by atoms with Gasteiger partial charge in [0.05, 0.1) is 13.2 Å². The molecule has 0 spiro atoms. The van der Waals surface area contributed by atoms with Gasteiger partial charge in [-0.2, -0.15) is 0 Å². The summed E-state index contributed by atoms with van der Waals surface area (Å²) in [4.78, 5) is 0. The molecule has 3 nitrogen and oxygen atoms in total. The van der Waals surface area contributed by atoms with Crippen LogP contribution in [0.3, 0.4) is 0 Å². The quantitative estimate of drug-likeness (QED) is 0.858. The molecule has 1 atom stereocenters. The van der Waals surface area contributed by atoms with E-state index in [9.17, 15) is 5.11 Å². The molecule has 0 fully saturated rings. The predicted octanol–water partition coefficient (Wildman–Crippen LogP) is 1.32. The van der Waals surface area contributed by atoms with E-state index in [2.05, 4.69) is 15.9 Å². The molecule has 0 saturated heterocycles. The number of hydrogen-bond donors (Lipinski definition) is 2. The minimum Gasteiger partial charge on any atom is -0.497 e. The predicted molar refractivity (Wildman–Crippen MR) is 59.5 cm³/mol. The van der Waals surface area contributed by atoms with E-state index < -0.39 is 6.10 Å². The summed E-state index contributed by atoms with van der Waals surface area (Å²) in [6.45, 7) is 0.276. The van der Waals surface area contributed by atoms with Crippen LogP contribution in [0.15, 0.2) is 22.7 Å². The molecule has 0 aliphatic heterocycles. The van der Waals surface area contributed by atoms with Crippen LogP contribution in [0.1, 0.15) is 5.56 Å². The Morgan fingerprint density at radius 1 is 1.57 bits per heavy atom. The summed E-state index contributed by atoms with van der Waals surface area (Å²) in [7, 11) is 1.62. The Morgan fingerprint density at radius 3 is 2.79 bits per heavy atom. The molecule has 1 aromatic rings. The highest BCUT2D eigenvalue weighted by Crippen LogP contribution is 2.23. The van der Waals surface area contributed by atoms with Gasteiger partial charge in [0.1, 0.15) is 5.75 Å². The number of aliphatic hydroxyl groups is 1. The van der Waals surface area contributed by atoms with Crippen LogP contribution in [0.4, 0.5) is 0 Å². The lowest BCUT2D eigenvalue weighted by Crippen LogP contribution is -2.22. The Morgan fingerprint density at radius 2 is 2.29 bits per heavy atom. The molecule has 0 saturated carbocycles. The van der Waals surface area contributed by atoms with Gasteiger partial charge in [0.25, 0.3) is 0 Å². The first-order chi connectivity index (χ1) is 6.67. The van der Waals surface area contributed by atoms with Crippen molar-refractivity contribution in [2.45, 2.75) is 12.5 Å². The Balaban J connectivity index is 2.78. The van der Waals surface area contributed by atoms with Gasteiger partial charge in [0, 0.05) is 17.4 Å². The smallest absolute Gasteiger partial charge is 0.120 e. The molecule has 0 radical (unpaired) electrons. The van der Waals surface area contributed by atoms with E-state index in [0.717, 1.165) is 15.8 Å². The van der Waals surface area contributed by atoms with Crippen LogP contribution in [0.25, 0.3) is 0 Å².